The molecule has 7 atom stereocenters. The number of methoxy groups -OCH3 is 1. The predicted octanol–water partition coefficient (Wildman–Crippen LogP) is 3.65. The Kier molecular flexibility index (Phi) is 7.75. The number of hydrogen-bond donors (Lipinski definition) is 4. The van der Waals surface area contributed by atoms with Crippen LogP contribution in [0.25, 0.3) is 0 Å². The third kappa shape index (κ3) is 4.00. The summed E-state index contributed by atoms with van der Waals surface area (Å²) in [6.07, 6.45) is 5.33. The highest BCUT2D eigenvalue weighted by Crippen LogP contribution is 2.71. The smallest absolute Gasteiger partial charge is 0.229 e. The van der Waals surface area contributed by atoms with Crippen molar-refractivity contribution in [2.45, 2.75) is 95.5 Å². The summed E-state index contributed by atoms with van der Waals surface area (Å²) >= 11 is 4.01. The van der Waals surface area contributed by atoms with Gasteiger partial charge in [-0.2, -0.15) is 12.6 Å². The first kappa shape index (κ1) is 28.1. The Bertz CT molecular complexity index is 1050. The van der Waals surface area contributed by atoms with Crippen molar-refractivity contribution in [2.24, 2.45) is 17.3 Å². The molecular weight excluding hydrogens is 500 g/mol. The Morgan fingerprint density at radius 2 is 2.18 bits per heavy atom. The molecular formula is C30H46N2O5S. The SMILES string of the molecule is CCC[C@]12C[C@H]([C@](C)(O)C(C)C)[C@@H](OC)[C@@H]3Oc4c(OCCCNC(=O)CS)ccc5c4[C@@]31CCN[C@@H]2C5. The van der Waals surface area contributed by atoms with Crippen LogP contribution in [-0.4, -0.2) is 67.4 Å². The summed E-state index contributed by atoms with van der Waals surface area (Å²) in [5.41, 5.74) is 1.60. The van der Waals surface area contributed by atoms with Crippen LogP contribution < -0.4 is 20.1 Å². The maximum absolute atomic E-state index is 11.9. The van der Waals surface area contributed by atoms with Crippen LogP contribution in [0, 0.1) is 17.3 Å². The molecule has 1 aromatic carbocycles. The molecule has 2 aliphatic carbocycles. The second-order valence-corrected chi connectivity index (χ2v) is 12.7. The van der Waals surface area contributed by atoms with Crippen LogP contribution in [0.4, 0.5) is 0 Å². The van der Waals surface area contributed by atoms with Gasteiger partial charge in [0.2, 0.25) is 5.91 Å². The van der Waals surface area contributed by atoms with Gasteiger partial charge in [0.25, 0.3) is 0 Å². The molecule has 38 heavy (non-hydrogen) atoms. The lowest BCUT2D eigenvalue weighted by Crippen LogP contribution is -2.76. The molecule has 0 radical (unpaired) electrons. The molecule has 212 valence electrons. The zero-order valence-electron chi connectivity index (χ0n) is 23.6. The van der Waals surface area contributed by atoms with Crippen molar-refractivity contribution in [1.29, 1.82) is 0 Å². The number of nitrogens with one attached hydrogen (secondary N) is 2. The number of piperidine rings is 1. The number of rotatable bonds is 11. The second kappa shape index (κ2) is 10.5. The maximum Gasteiger partial charge on any atom is 0.229 e. The summed E-state index contributed by atoms with van der Waals surface area (Å²) in [4.78, 5) is 11.5. The van der Waals surface area contributed by atoms with E-state index in [0.717, 1.165) is 50.1 Å². The van der Waals surface area contributed by atoms with Gasteiger partial charge < -0.3 is 30.0 Å². The predicted molar refractivity (Wildman–Crippen MR) is 151 cm³/mol. The van der Waals surface area contributed by atoms with Crippen LogP contribution in [0.1, 0.15) is 70.9 Å². The number of benzene rings is 1. The first-order chi connectivity index (χ1) is 18.2. The van der Waals surface area contributed by atoms with Gasteiger partial charge in [0, 0.05) is 36.6 Å². The molecule has 2 heterocycles. The largest absolute Gasteiger partial charge is 0.490 e. The van der Waals surface area contributed by atoms with Gasteiger partial charge in [0.15, 0.2) is 11.5 Å². The monoisotopic (exact) mass is 546 g/mol. The Labute approximate surface area is 233 Å². The summed E-state index contributed by atoms with van der Waals surface area (Å²) in [5, 5.41) is 18.7. The van der Waals surface area contributed by atoms with Crippen LogP contribution in [0.5, 0.6) is 11.5 Å². The summed E-state index contributed by atoms with van der Waals surface area (Å²) in [7, 11) is 1.78. The number of amides is 1. The van der Waals surface area contributed by atoms with Crippen molar-refractivity contribution in [3.8, 4) is 11.5 Å². The number of thiol groups is 1. The second-order valence-electron chi connectivity index (χ2n) is 12.4. The van der Waals surface area contributed by atoms with Crippen molar-refractivity contribution in [2.75, 3.05) is 32.6 Å². The van der Waals surface area contributed by atoms with E-state index in [-0.39, 0.29) is 46.5 Å². The lowest BCUT2D eigenvalue weighted by atomic mass is 9.40. The maximum atomic E-state index is 11.9. The van der Waals surface area contributed by atoms with Crippen LogP contribution >= 0.6 is 12.6 Å². The summed E-state index contributed by atoms with van der Waals surface area (Å²) in [6.45, 7) is 10.5. The van der Waals surface area contributed by atoms with Crippen LogP contribution in [-0.2, 0) is 21.4 Å². The quantitative estimate of drug-likeness (QED) is 0.250. The van der Waals surface area contributed by atoms with E-state index in [0.29, 0.717) is 25.6 Å². The molecule has 2 fully saturated rings. The van der Waals surface area contributed by atoms with Gasteiger partial charge in [-0.15, -0.1) is 0 Å². The number of aliphatic hydroxyl groups is 1. The highest BCUT2D eigenvalue weighted by molar-refractivity contribution is 7.81. The third-order valence-electron chi connectivity index (χ3n) is 10.5. The van der Waals surface area contributed by atoms with Crippen LogP contribution in [0.3, 0.4) is 0 Å². The van der Waals surface area contributed by atoms with Gasteiger partial charge in [0.1, 0.15) is 12.2 Å². The normalized spacial score (nSPS) is 34.3. The number of carbonyl (C=O) groups is 1. The average molecular weight is 547 g/mol. The average Bonchev–Trinajstić information content (AvgIpc) is 3.23. The Balaban J connectivity index is 1.56. The molecule has 2 aliphatic heterocycles. The summed E-state index contributed by atoms with van der Waals surface area (Å²) < 4.78 is 19.6. The van der Waals surface area contributed by atoms with E-state index in [1.807, 2.05) is 6.92 Å². The van der Waals surface area contributed by atoms with Crippen molar-refractivity contribution in [1.82, 2.24) is 10.6 Å². The standard InChI is InChI=1S/C30H46N2O5S/c1-6-10-29-16-20(28(4,34)18(2)3)25(35-5)27-30(29)11-13-31-22(29)15-19-8-9-21(26(37-27)24(19)30)36-14-7-12-32-23(33)17-38/h8-9,18,20,22,25,27,31,34,38H,6-7,10-17H2,1-5H3,(H,32,33)/t20-,22+,25+,27-,28+,29+,30-/m0/s1. The van der Waals surface area contributed by atoms with Gasteiger partial charge in [-0.05, 0) is 68.5 Å². The molecule has 1 aromatic rings. The van der Waals surface area contributed by atoms with Crippen molar-refractivity contribution >= 4 is 18.5 Å². The molecule has 1 saturated carbocycles. The lowest BCUT2D eigenvalue weighted by Gasteiger charge is -2.67. The molecule has 5 rings (SSSR count). The number of ether oxygens (including phenoxy) is 3. The third-order valence-corrected chi connectivity index (χ3v) is 10.8. The van der Waals surface area contributed by atoms with E-state index in [9.17, 15) is 9.90 Å². The zero-order chi connectivity index (χ0) is 27.3. The Morgan fingerprint density at radius 1 is 1.39 bits per heavy atom. The zero-order valence-corrected chi connectivity index (χ0v) is 24.5. The van der Waals surface area contributed by atoms with Gasteiger partial charge >= 0.3 is 0 Å². The van der Waals surface area contributed by atoms with Crippen molar-refractivity contribution < 1.29 is 24.1 Å². The summed E-state index contributed by atoms with van der Waals surface area (Å²) in [6, 6.07) is 4.63. The molecule has 0 unspecified atom stereocenters. The van der Waals surface area contributed by atoms with E-state index in [4.69, 9.17) is 14.2 Å². The van der Waals surface area contributed by atoms with Gasteiger partial charge in [0.05, 0.1) is 18.0 Å². The fourth-order valence-electron chi connectivity index (χ4n) is 8.48. The minimum Gasteiger partial charge on any atom is -0.490 e. The van der Waals surface area contributed by atoms with Crippen molar-refractivity contribution in [3.63, 3.8) is 0 Å². The fraction of sp³-hybridized carbons (Fsp3) is 0.767. The van der Waals surface area contributed by atoms with E-state index in [1.165, 1.54) is 11.1 Å². The first-order valence-electron chi connectivity index (χ1n) is 14.5. The minimum atomic E-state index is -0.882. The Morgan fingerprint density at radius 3 is 2.87 bits per heavy atom. The molecule has 2 bridgehead atoms. The molecule has 4 aliphatic rings. The molecule has 0 aromatic heterocycles. The molecule has 1 spiro atoms. The molecule has 8 heteroatoms. The van der Waals surface area contributed by atoms with Crippen molar-refractivity contribution in [3.05, 3.63) is 23.3 Å². The van der Waals surface area contributed by atoms with E-state index in [2.05, 4.69) is 56.2 Å². The van der Waals surface area contributed by atoms with Gasteiger partial charge in [-0.1, -0.05) is 33.3 Å². The number of hydrogen-bond acceptors (Lipinski definition) is 7. The number of carbonyl (C=O) groups excluding carboxylic acids is 1. The van der Waals surface area contributed by atoms with E-state index >= 15 is 0 Å². The highest BCUT2D eigenvalue weighted by atomic mass is 32.1. The van der Waals surface area contributed by atoms with Crippen LogP contribution in [0.15, 0.2) is 12.1 Å². The molecule has 3 N–H and O–H groups in total. The molecule has 1 saturated heterocycles. The minimum absolute atomic E-state index is 0.0305. The molecule has 1 amide bonds. The van der Waals surface area contributed by atoms with Gasteiger partial charge in [-0.25, -0.2) is 0 Å². The van der Waals surface area contributed by atoms with E-state index in [1.54, 1.807) is 7.11 Å². The lowest BCUT2D eigenvalue weighted by molar-refractivity contribution is -0.213. The van der Waals surface area contributed by atoms with E-state index < -0.39 is 5.60 Å². The fourth-order valence-corrected chi connectivity index (χ4v) is 8.59. The first-order valence-corrected chi connectivity index (χ1v) is 15.1. The molecule has 7 nitrogen and oxygen atoms in total. The Hall–Kier alpha value is -1.48. The summed E-state index contributed by atoms with van der Waals surface area (Å²) in [5.74, 6) is 1.81. The topological polar surface area (TPSA) is 89.1 Å². The van der Waals surface area contributed by atoms with Crippen LogP contribution in [0.2, 0.25) is 0 Å². The van der Waals surface area contributed by atoms with Gasteiger partial charge in [-0.3, -0.25) is 4.79 Å². The highest BCUT2D eigenvalue weighted by Gasteiger charge is 2.74.